The average molecular weight is 335 g/mol. The van der Waals surface area contributed by atoms with E-state index in [-0.39, 0.29) is 16.9 Å². The van der Waals surface area contributed by atoms with Gasteiger partial charge in [-0.25, -0.2) is 9.78 Å². The molecule has 6 heteroatoms. The number of hydrogen-bond donors (Lipinski definition) is 1. The van der Waals surface area contributed by atoms with Gasteiger partial charge < -0.3 is 14.6 Å². The summed E-state index contributed by atoms with van der Waals surface area (Å²) in [6.07, 6.45) is 0. The van der Waals surface area contributed by atoms with Gasteiger partial charge in [-0.1, -0.05) is 20.8 Å². The Morgan fingerprint density at radius 1 is 1.35 bits per heavy atom. The van der Waals surface area contributed by atoms with Crippen LogP contribution in [0.15, 0.2) is 18.2 Å². The first-order chi connectivity index (χ1) is 10.7. The predicted octanol–water partition coefficient (Wildman–Crippen LogP) is 4.03. The van der Waals surface area contributed by atoms with Crippen molar-refractivity contribution in [2.45, 2.75) is 39.7 Å². The standard InChI is InChI=1S/C17H21NO4S/c1-10-15(16(19)20)23-14(18-10)9-22-13-7-6-11(21-5)8-12(13)17(2,3)4/h6-8H,9H2,1-5H3,(H,19,20). The van der Waals surface area contributed by atoms with Crippen molar-refractivity contribution in [3.8, 4) is 11.5 Å². The summed E-state index contributed by atoms with van der Waals surface area (Å²) < 4.78 is 11.2. The van der Waals surface area contributed by atoms with Crippen LogP contribution in [0.2, 0.25) is 0 Å². The van der Waals surface area contributed by atoms with E-state index >= 15 is 0 Å². The highest BCUT2D eigenvalue weighted by molar-refractivity contribution is 7.13. The van der Waals surface area contributed by atoms with Crippen molar-refractivity contribution in [2.24, 2.45) is 0 Å². The van der Waals surface area contributed by atoms with E-state index in [1.54, 1.807) is 14.0 Å². The van der Waals surface area contributed by atoms with Gasteiger partial charge in [0, 0.05) is 5.56 Å². The molecule has 1 heterocycles. The Balaban J connectivity index is 2.23. The Bertz CT molecular complexity index is 716. The molecule has 0 fully saturated rings. The molecule has 2 rings (SSSR count). The molecule has 0 spiro atoms. The lowest BCUT2D eigenvalue weighted by Crippen LogP contribution is -2.13. The van der Waals surface area contributed by atoms with Gasteiger partial charge in [0.1, 0.15) is 28.0 Å². The number of carboxylic acid groups (broad SMARTS) is 1. The fourth-order valence-corrected chi connectivity index (χ4v) is 3.02. The monoisotopic (exact) mass is 335 g/mol. The number of rotatable bonds is 5. The van der Waals surface area contributed by atoms with Crippen molar-refractivity contribution in [2.75, 3.05) is 7.11 Å². The second kappa shape index (κ2) is 6.58. The van der Waals surface area contributed by atoms with Crippen LogP contribution in [0.3, 0.4) is 0 Å². The molecule has 1 aromatic carbocycles. The minimum atomic E-state index is -0.953. The molecular weight excluding hydrogens is 314 g/mol. The molecule has 5 nitrogen and oxygen atoms in total. The fraction of sp³-hybridized carbons (Fsp3) is 0.412. The van der Waals surface area contributed by atoms with Gasteiger partial charge in [0.25, 0.3) is 0 Å². The Morgan fingerprint density at radius 2 is 2.04 bits per heavy atom. The van der Waals surface area contributed by atoms with Gasteiger partial charge in [-0.2, -0.15) is 0 Å². The molecule has 1 aromatic heterocycles. The number of ether oxygens (including phenoxy) is 2. The SMILES string of the molecule is COc1ccc(OCc2nc(C)c(C(=O)O)s2)c(C(C)(C)C)c1. The maximum atomic E-state index is 11.1. The van der Waals surface area contributed by atoms with Gasteiger partial charge in [-0.05, 0) is 30.5 Å². The zero-order valence-corrected chi connectivity index (χ0v) is 14.8. The normalized spacial score (nSPS) is 11.3. The van der Waals surface area contributed by atoms with E-state index in [4.69, 9.17) is 14.6 Å². The summed E-state index contributed by atoms with van der Waals surface area (Å²) in [4.78, 5) is 15.6. The largest absolute Gasteiger partial charge is 0.497 e. The van der Waals surface area contributed by atoms with Crippen molar-refractivity contribution in [3.63, 3.8) is 0 Å². The van der Waals surface area contributed by atoms with Crippen LogP contribution in [-0.2, 0) is 12.0 Å². The predicted molar refractivity (Wildman–Crippen MR) is 89.8 cm³/mol. The Hall–Kier alpha value is -2.08. The zero-order chi connectivity index (χ0) is 17.2. The third-order valence-corrected chi connectivity index (χ3v) is 4.50. The highest BCUT2D eigenvalue weighted by Gasteiger charge is 2.21. The summed E-state index contributed by atoms with van der Waals surface area (Å²) in [5, 5.41) is 9.74. The first-order valence-corrected chi connectivity index (χ1v) is 8.05. The molecule has 0 saturated carbocycles. The summed E-state index contributed by atoms with van der Waals surface area (Å²) >= 11 is 1.15. The first-order valence-electron chi connectivity index (χ1n) is 7.23. The van der Waals surface area contributed by atoms with Crippen LogP contribution in [0.1, 0.15) is 46.7 Å². The highest BCUT2D eigenvalue weighted by atomic mass is 32.1. The summed E-state index contributed by atoms with van der Waals surface area (Å²) in [5.74, 6) is 0.578. The minimum Gasteiger partial charge on any atom is -0.497 e. The molecule has 0 atom stereocenters. The number of nitrogens with zero attached hydrogens (tertiary/aromatic N) is 1. The molecule has 0 bridgehead atoms. The molecular formula is C17H21NO4S. The number of benzene rings is 1. The van der Waals surface area contributed by atoms with Crippen LogP contribution < -0.4 is 9.47 Å². The van der Waals surface area contributed by atoms with E-state index in [1.807, 2.05) is 18.2 Å². The van der Waals surface area contributed by atoms with Crippen LogP contribution in [0.4, 0.5) is 0 Å². The molecule has 0 aliphatic rings. The van der Waals surface area contributed by atoms with Crippen LogP contribution in [-0.4, -0.2) is 23.2 Å². The maximum Gasteiger partial charge on any atom is 0.347 e. The Morgan fingerprint density at radius 3 is 2.57 bits per heavy atom. The van der Waals surface area contributed by atoms with Crippen molar-refractivity contribution >= 4 is 17.3 Å². The van der Waals surface area contributed by atoms with Crippen molar-refractivity contribution < 1.29 is 19.4 Å². The molecule has 0 unspecified atom stereocenters. The second-order valence-corrected chi connectivity index (χ2v) is 7.31. The smallest absolute Gasteiger partial charge is 0.347 e. The molecule has 0 aliphatic heterocycles. The summed E-state index contributed by atoms with van der Waals surface area (Å²) in [7, 11) is 1.63. The number of thiazole rings is 1. The fourth-order valence-electron chi connectivity index (χ4n) is 2.20. The van der Waals surface area contributed by atoms with E-state index in [0.717, 1.165) is 28.4 Å². The van der Waals surface area contributed by atoms with E-state index in [0.29, 0.717) is 10.7 Å². The van der Waals surface area contributed by atoms with Gasteiger partial charge in [-0.3, -0.25) is 0 Å². The third kappa shape index (κ3) is 4.01. The van der Waals surface area contributed by atoms with E-state index in [2.05, 4.69) is 25.8 Å². The van der Waals surface area contributed by atoms with Crippen LogP contribution in [0.5, 0.6) is 11.5 Å². The van der Waals surface area contributed by atoms with Gasteiger partial charge in [0.05, 0.1) is 12.8 Å². The van der Waals surface area contributed by atoms with Crippen LogP contribution >= 0.6 is 11.3 Å². The van der Waals surface area contributed by atoms with Gasteiger partial charge in [0.2, 0.25) is 0 Å². The first kappa shape index (κ1) is 17.3. The summed E-state index contributed by atoms with van der Waals surface area (Å²) in [6, 6.07) is 5.68. The van der Waals surface area contributed by atoms with Gasteiger partial charge in [-0.15, -0.1) is 11.3 Å². The number of aryl methyl sites for hydroxylation is 1. The molecule has 0 amide bonds. The number of methoxy groups -OCH3 is 1. The third-order valence-electron chi connectivity index (χ3n) is 3.38. The maximum absolute atomic E-state index is 11.1. The number of hydrogen-bond acceptors (Lipinski definition) is 5. The van der Waals surface area contributed by atoms with Crippen LogP contribution in [0, 0.1) is 6.92 Å². The second-order valence-electron chi connectivity index (χ2n) is 6.23. The topological polar surface area (TPSA) is 68.7 Å². The zero-order valence-electron chi connectivity index (χ0n) is 14.0. The molecule has 0 saturated heterocycles. The number of carbonyl (C=O) groups is 1. The lowest BCUT2D eigenvalue weighted by atomic mass is 9.86. The van der Waals surface area contributed by atoms with E-state index in [1.165, 1.54) is 0 Å². The number of aromatic carboxylic acids is 1. The summed E-state index contributed by atoms with van der Waals surface area (Å²) in [6.45, 7) is 8.24. The molecule has 0 aliphatic carbocycles. The minimum absolute atomic E-state index is 0.102. The molecule has 0 radical (unpaired) electrons. The van der Waals surface area contributed by atoms with E-state index in [9.17, 15) is 4.79 Å². The molecule has 2 aromatic rings. The quantitative estimate of drug-likeness (QED) is 0.893. The van der Waals surface area contributed by atoms with Gasteiger partial charge in [0.15, 0.2) is 0 Å². The average Bonchev–Trinajstić information content (AvgIpc) is 2.85. The van der Waals surface area contributed by atoms with Crippen LogP contribution in [0.25, 0.3) is 0 Å². The number of carboxylic acids is 1. The lowest BCUT2D eigenvalue weighted by molar-refractivity contribution is 0.0701. The van der Waals surface area contributed by atoms with Crippen molar-refractivity contribution in [1.29, 1.82) is 0 Å². The lowest BCUT2D eigenvalue weighted by Gasteiger charge is -2.23. The highest BCUT2D eigenvalue weighted by Crippen LogP contribution is 2.35. The van der Waals surface area contributed by atoms with Crippen molar-refractivity contribution in [3.05, 3.63) is 39.3 Å². The van der Waals surface area contributed by atoms with E-state index < -0.39 is 5.97 Å². The van der Waals surface area contributed by atoms with Gasteiger partial charge >= 0.3 is 5.97 Å². The van der Waals surface area contributed by atoms with Crippen molar-refractivity contribution in [1.82, 2.24) is 4.98 Å². The number of aromatic nitrogens is 1. The molecule has 124 valence electrons. The molecule has 1 N–H and O–H groups in total. The summed E-state index contributed by atoms with van der Waals surface area (Å²) in [5.41, 5.74) is 1.45. The Labute approximate surface area is 139 Å². The Kier molecular flexibility index (Phi) is 4.94. The molecule has 23 heavy (non-hydrogen) atoms.